The van der Waals surface area contributed by atoms with E-state index in [4.69, 9.17) is 4.74 Å². The van der Waals surface area contributed by atoms with Gasteiger partial charge < -0.3 is 35.2 Å². The van der Waals surface area contributed by atoms with Crippen LogP contribution in [0.5, 0.6) is 5.75 Å². The van der Waals surface area contributed by atoms with Crippen molar-refractivity contribution in [2.24, 2.45) is 11.3 Å². The van der Waals surface area contributed by atoms with Crippen LogP contribution in [0.1, 0.15) is 74.5 Å². The minimum atomic E-state index is -3.65. The number of alkyl halides is 3. The molecule has 0 bridgehead atoms. The number of likely N-dealkylation sites (tertiary alicyclic amines) is 1. The van der Waals surface area contributed by atoms with E-state index < -0.39 is 23.1 Å². The molecule has 3 amide bonds. The number of carbonyl (C=O) groups is 4. The highest BCUT2D eigenvalue weighted by molar-refractivity contribution is 7.13. The second-order valence-electron chi connectivity index (χ2n) is 17.5. The molecule has 0 radical (unpaired) electrons. The first-order chi connectivity index (χ1) is 32.0. The Morgan fingerprint density at radius 2 is 1.75 bits per heavy atom. The lowest BCUT2D eigenvalue weighted by atomic mass is 9.85. The van der Waals surface area contributed by atoms with Gasteiger partial charge in [-0.3, -0.25) is 24.3 Å². The van der Waals surface area contributed by atoms with Gasteiger partial charge in [-0.1, -0.05) is 45.0 Å². The molecule has 67 heavy (non-hydrogen) atoms. The molecular formula is C48H58ClF2N9O6S. The summed E-state index contributed by atoms with van der Waals surface area (Å²) in [7, 11) is 1.73. The molecule has 0 aliphatic carbocycles. The van der Waals surface area contributed by atoms with E-state index in [-0.39, 0.29) is 36.5 Å². The number of thiazole rings is 1. The van der Waals surface area contributed by atoms with E-state index in [0.29, 0.717) is 37.6 Å². The maximum atomic E-state index is 13.9. The summed E-state index contributed by atoms with van der Waals surface area (Å²) in [5, 5.41) is 15.9. The summed E-state index contributed by atoms with van der Waals surface area (Å²) in [5.41, 5.74) is 3.64. The number of hydrogen-bond acceptors (Lipinski definition) is 12. The van der Waals surface area contributed by atoms with Crippen molar-refractivity contribution in [3.8, 4) is 27.4 Å². The van der Waals surface area contributed by atoms with Gasteiger partial charge in [-0.05, 0) is 91.5 Å². The SMILES string of the molecule is CNc1ccc(OC(F)(F)Cl)cc1.Cc1ncsc1-c1ccc(CNC(=O)C2CCCN2C(=O)C(NC(=O)CCOCC2CCN(c3ncc(C=O)cc3-c3ccn[nH]3)CC2)C(C)(C)C)cc1. The molecule has 2 aromatic carbocycles. The van der Waals surface area contributed by atoms with Crippen LogP contribution in [0.4, 0.5) is 20.3 Å². The van der Waals surface area contributed by atoms with Gasteiger partial charge in [0.05, 0.1) is 28.4 Å². The zero-order valence-corrected chi connectivity index (χ0v) is 39.9. The molecule has 2 saturated heterocycles. The Bertz CT molecular complexity index is 2400. The van der Waals surface area contributed by atoms with E-state index >= 15 is 0 Å². The van der Waals surface area contributed by atoms with Gasteiger partial charge >= 0.3 is 5.57 Å². The fourth-order valence-electron chi connectivity index (χ4n) is 7.95. The minimum absolute atomic E-state index is 0.0269. The lowest BCUT2D eigenvalue weighted by Crippen LogP contribution is -2.57. The zero-order chi connectivity index (χ0) is 48.1. The molecule has 0 saturated carbocycles. The van der Waals surface area contributed by atoms with Crippen LogP contribution in [0, 0.1) is 18.3 Å². The average molecular weight is 963 g/mol. The largest absolute Gasteiger partial charge is 0.487 e. The van der Waals surface area contributed by atoms with Crippen LogP contribution >= 0.6 is 22.9 Å². The van der Waals surface area contributed by atoms with Gasteiger partial charge in [-0.25, -0.2) is 9.97 Å². The second kappa shape index (κ2) is 23.2. The summed E-state index contributed by atoms with van der Waals surface area (Å²) >= 11 is 6.17. The van der Waals surface area contributed by atoms with Crippen molar-refractivity contribution < 1.29 is 37.4 Å². The number of aldehydes is 1. The van der Waals surface area contributed by atoms with E-state index in [1.165, 1.54) is 12.1 Å². The van der Waals surface area contributed by atoms with Crippen LogP contribution in [0.2, 0.25) is 0 Å². The number of rotatable bonds is 17. The molecule has 2 aliphatic rings. The van der Waals surface area contributed by atoms with Crippen LogP contribution in [-0.2, 0) is 25.7 Å². The number of benzene rings is 2. The fourth-order valence-corrected chi connectivity index (χ4v) is 8.86. The fraction of sp³-hybridized carbons (Fsp3) is 0.438. The van der Waals surface area contributed by atoms with E-state index in [1.807, 2.05) is 69.6 Å². The van der Waals surface area contributed by atoms with Crippen LogP contribution in [0.3, 0.4) is 0 Å². The number of hydrogen-bond donors (Lipinski definition) is 4. The monoisotopic (exact) mass is 961 g/mol. The van der Waals surface area contributed by atoms with Crippen molar-refractivity contribution in [3.63, 3.8) is 0 Å². The van der Waals surface area contributed by atoms with Gasteiger partial charge in [-0.2, -0.15) is 5.10 Å². The number of piperidine rings is 1. The van der Waals surface area contributed by atoms with E-state index in [2.05, 4.69) is 57.4 Å². The van der Waals surface area contributed by atoms with Crippen molar-refractivity contribution in [1.82, 2.24) is 35.7 Å². The first kappa shape index (κ1) is 50.4. The topological polar surface area (TPSA) is 184 Å². The molecule has 358 valence electrons. The molecule has 2 unspecified atom stereocenters. The number of anilines is 2. The van der Waals surface area contributed by atoms with Crippen LogP contribution in [0.15, 0.2) is 78.6 Å². The third-order valence-electron chi connectivity index (χ3n) is 11.6. The molecule has 3 aromatic heterocycles. The molecule has 15 nitrogen and oxygen atoms in total. The highest BCUT2D eigenvalue weighted by atomic mass is 35.5. The number of carbonyl (C=O) groups excluding carboxylic acids is 4. The van der Waals surface area contributed by atoms with Gasteiger partial charge in [0.2, 0.25) is 17.7 Å². The van der Waals surface area contributed by atoms with Crippen molar-refractivity contribution in [3.05, 3.63) is 95.4 Å². The van der Waals surface area contributed by atoms with Crippen LogP contribution in [-0.4, -0.2) is 107 Å². The summed E-state index contributed by atoms with van der Waals surface area (Å²) in [5.74, 6) is 0.492. The highest BCUT2D eigenvalue weighted by Crippen LogP contribution is 2.32. The standard InChI is InChI=1S/C40H50N8O5S.C8H8ClF2NO/c1-26-35(54-25-43-26)30-9-7-27(8-10-30)21-42-38(51)33-6-5-16-48(33)39(52)36(40(2,3)4)45-34(50)14-19-53-24-28-12-17-47(18-13-28)37-31(32-11-15-44-46-32)20-29(23-49)22-41-37;1-12-6-2-4-7(5-3-6)13-8(9,10)11/h7-11,15,20,22-23,25,28,33,36H,5-6,12-14,16-19,21,24H2,1-4H3,(H,42,51)(H,44,46)(H,45,50);2-5,12H,1H3. The highest BCUT2D eigenvalue weighted by Gasteiger charge is 2.42. The number of ether oxygens (including phenoxy) is 2. The molecule has 0 spiro atoms. The predicted molar refractivity (Wildman–Crippen MR) is 255 cm³/mol. The molecule has 5 aromatic rings. The van der Waals surface area contributed by atoms with Gasteiger partial charge in [0.1, 0.15) is 23.7 Å². The summed E-state index contributed by atoms with van der Waals surface area (Å²) in [6.07, 6.45) is 7.29. The molecule has 2 fully saturated rings. The molecular weight excluding hydrogens is 904 g/mol. The Morgan fingerprint density at radius 1 is 1.01 bits per heavy atom. The van der Waals surface area contributed by atoms with Crippen LogP contribution in [0.25, 0.3) is 21.7 Å². The number of aromatic nitrogens is 4. The predicted octanol–water partition coefficient (Wildman–Crippen LogP) is 8.07. The summed E-state index contributed by atoms with van der Waals surface area (Å²) in [6.45, 7) is 10.9. The minimum Gasteiger partial charge on any atom is -0.420 e. The summed E-state index contributed by atoms with van der Waals surface area (Å²) < 4.78 is 34.3. The summed E-state index contributed by atoms with van der Waals surface area (Å²) in [4.78, 5) is 65.8. The Kier molecular flexibility index (Phi) is 17.4. The van der Waals surface area contributed by atoms with Crippen molar-refractivity contribution in [2.75, 3.05) is 50.1 Å². The normalized spacial score (nSPS) is 15.9. The lowest BCUT2D eigenvalue weighted by molar-refractivity contribution is -0.144. The van der Waals surface area contributed by atoms with Crippen molar-refractivity contribution in [2.45, 2.75) is 84.0 Å². The second-order valence-corrected chi connectivity index (χ2v) is 18.8. The first-order valence-corrected chi connectivity index (χ1v) is 23.5. The quantitative estimate of drug-likeness (QED) is 0.0402. The Morgan fingerprint density at radius 3 is 2.36 bits per heavy atom. The summed E-state index contributed by atoms with van der Waals surface area (Å²) in [6, 6.07) is 16.4. The number of nitrogens with one attached hydrogen (secondary N) is 4. The number of amides is 3. The third-order valence-corrected chi connectivity index (χ3v) is 12.7. The molecule has 7 rings (SSSR count). The van der Waals surface area contributed by atoms with E-state index in [9.17, 15) is 28.0 Å². The number of nitrogens with zero attached hydrogens (tertiary/aromatic N) is 5. The zero-order valence-electron chi connectivity index (χ0n) is 38.3. The lowest BCUT2D eigenvalue weighted by Gasteiger charge is -2.35. The maximum Gasteiger partial charge on any atom is 0.487 e. The molecule has 5 heterocycles. The first-order valence-electron chi connectivity index (χ1n) is 22.2. The van der Waals surface area contributed by atoms with Crippen molar-refractivity contribution >= 4 is 58.5 Å². The number of halogens is 3. The average Bonchev–Trinajstić information content (AvgIpc) is 4.12. The molecule has 4 N–H and O–H groups in total. The van der Waals surface area contributed by atoms with Crippen LogP contribution < -0.4 is 25.6 Å². The number of aromatic amines is 1. The van der Waals surface area contributed by atoms with Gasteiger partial charge in [0, 0.05) is 87.1 Å². The van der Waals surface area contributed by atoms with Gasteiger partial charge in [0.15, 0.2) is 6.29 Å². The van der Waals surface area contributed by atoms with Gasteiger partial charge in [0.25, 0.3) is 0 Å². The molecule has 2 atom stereocenters. The molecule has 2 aliphatic heterocycles. The Balaban J connectivity index is 0.000000492. The van der Waals surface area contributed by atoms with E-state index in [0.717, 1.165) is 83.1 Å². The number of aryl methyl sites for hydroxylation is 1. The van der Waals surface area contributed by atoms with Crippen molar-refractivity contribution in [1.29, 1.82) is 0 Å². The molecule has 19 heteroatoms. The Labute approximate surface area is 398 Å². The smallest absolute Gasteiger partial charge is 0.420 e. The number of pyridine rings is 1. The Hall–Kier alpha value is -5.98. The van der Waals surface area contributed by atoms with E-state index in [1.54, 1.807) is 47.8 Å². The number of H-pyrrole nitrogens is 1. The maximum absolute atomic E-state index is 13.9. The van der Waals surface area contributed by atoms with Gasteiger partial charge in [-0.15, -0.1) is 20.1 Å². The third kappa shape index (κ3) is 14.3.